The molecule has 2 aliphatic rings. The Bertz CT molecular complexity index is 169. The molecule has 1 N–H and O–H groups in total. The van der Waals surface area contributed by atoms with E-state index in [2.05, 4.69) is 13.8 Å². The molecule has 2 saturated carbocycles. The molecule has 2 aliphatic carbocycles. The van der Waals surface area contributed by atoms with Gasteiger partial charge in [0, 0.05) is 0 Å². The summed E-state index contributed by atoms with van der Waals surface area (Å²) in [5.74, 6) is 0.661. The van der Waals surface area contributed by atoms with E-state index in [9.17, 15) is 5.11 Å². The predicted octanol–water partition coefficient (Wildman–Crippen LogP) is 2.73. The van der Waals surface area contributed by atoms with Crippen LogP contribution in [-0.2, 0) is 0 Å². The van der Waals surface area contributed by atoms with Gasteiger partial charge in [0.2, 0.25) is 0 Å². The summed E-state index contributed by atoms with van der Waals surface area (Å²) in [5.41, 5.74) is 0.233. The first-order chi connectivity index (χ1) is 5.52. The summed E-state index contributed by atoms with van der Waals surface area (Å²) in [6.07, 6.45) is 7.06. The Morgan fingerprint density at radius 1 is 1.00 bits per heavy atom. The molecule has 0 radical (unpaired) electrons. The zero-order valence-corrected chi connectivity index (χ0v) is 8.27. The van der Waals surface area contributed by atoms with Gasteiger partial charge in [-0.2, -0.15) is 0 Å². The maximum Gasteiger partial charge on any atom is 0.0676 e. The SMILES string of the molecule is CC1(C)CCC(O)(C2CC2)CC1. The van der Waals surface area contributed by atoms with E-state index in [1.807, 2.05) is 0 Å². The van der Waals surface area contributed by atoms with E-state index >= 15 is 0 Å². The van der Waals surface area contributed by atoms with Gasteiger partial charge in [-0.05, 0) is 49.9 Å². The molecule has 2 rings (SSSR count). The first-order valence-electron chi connectivity index (χ1n) is 5.24. The molecule has 0 aromatic heterocycles. The summed E-state index contributed by atoms with van der Waals surface area (Å²) in [5, 5.41) is 10.2. The van der Waals surface area contributed by atoms with Crippen molar-refractivity contribution < 1.29 is 5.11 Å². The van der Waals surface area contributed by atoms with Crippen molar-refractivity contribution in [3.8, 4) is 0 Å². The number of rotatable bonds is 1. The van der Waals surface area contributed by atoms with Gasteiger partial charge in [-0.25, -0.2) is 0 Å². The van der Waals surface area contributed by atoms with Crippen LogP contribution in [0.4, 0.5) is 0 Å². The van der Waals surface area contributed by atoms with Crippen molar-refractivity contribution in [2.75, 3.05) is 0 Å². The summed E-state index contributed by atoms with van der Waals surface area (Å²) in [4.78, 5) is 0. The molecule has 0 heterocycles. The smallest absolute Gasteiger partial charge is 0.0676 e. The molecule has 2 fully saturated rings. The lowest BCUT2D eigenvalue weighted by atomic mass is 9.69. The minimum Gasteiger partial charge on any atom is -0.390 e. The van der Waals surface area contributed by atoms with Crippen LogP contribution in [0.2, 0.25) is 0 Å². The Hall–Kier alpha value is -0.0400. The van der Waals surface area contributed by atoms with Crippen LogP contribution in [0.15, 0.2) is 0 Å². The Labute approximate surface area is 75.2 Å². The lowest BCUT2D eigenvalue weighted by Crippen LogP contribution is -2.38. The van der Waals surface area contributed by atoms with Crippen molar-refractivity contribution in [3.63, 3.8) is 0 Å². The van der Waals surface area contributed by atoms with Crippen molar-refractivity contribution in [2.24, 2.45) is 11.3 Å². The van der Waals surface area contributed by atoms with Crippen molar-refractivity contribution >= 4 is 0 Å². The number of aliphatic hydroxyl groups is 1. The standard InChI is InChI=1S/C11H20O/c1-10(2)5-7-11(12,8-6-10)9-3-4-9/h9,12H,3-8H2,1-2H3. The van der Waals surface area contributed by atoms with Gasteiger partial charge in [0.25, 0.3) is 0 Å². The molecule has 0 atom stereocenters. The van der Waals surface area contributed by atoms with Crippen LogP contribution < -0.4 is 0 Å². The van der Waals surface area contributed by atoms with Gasteiger partial charge >= 0.3 is 0 Å². The number of hydrogen-bond donors (Lipinski definition) is 1. The van der Waals surface area contributed by atoms with Crippen LogP contribution in [0.1, 0.15) is 52.4 Å². The van der Waals surface area contributed by atoms with Crippen LogP contribution in [0.5, 0.6) is 0 Å². The topological polar surface area (TPSA) is 20.2 Å². The fraction of sp³-hybridized carbons (Fsp3) is 1.00. The van der Waals surface area contributed by atoms with Crippen molar-refractivity contribution in [1.82, 2.24) is 0 Å². The molecule has 0 aliphatic heterocycles. The molecule has 70 valence electrons. The van der Waals surface area contributed by atoms with E-state index in [0.717, 1.165) is 12.8 Å². The highest BCUT2D eigenvalue weighted by Gasteiger charge is 2.46. The highest BCUT2D eigenvalue weighted by atomic mass is 16.3. The summed E-state index contributed by atoms with van der Waals surface area (Å²) < 4.78 is 0. The Morgan fingerprint density at radius 3 is 1.92 bits per heavy atom. The predicted molar refractivity (Wildman–Crippen MR) is 49.9 cm³/mol. The molecule has 0 saturated heterocycles. The van der Waals surface area contributed by atoms with Crippen molar-refractivity contribution in [1.29, 1.82) is 0 Å². The van der Waals surface area contributed by atoms with Crippen LogP contribution >= 0.6 is 0 Å². The van der Waals surface area contributed by atoms with Gasteiger partial charge in [0.1, 0.15) is 0 Å². The lowest BCUT2D eigenvalue weighted by molar-refractivity contribution is -0.0434. The molecular weight excluding hydrogens is 148 g/mol. The van der Waals surface area contributed by atoms with Gasteiger partial charge in [-0.3, -0.25) is 0 Å². The molecular formula is C11H20O. The first-order valence-corrected chi connectivity index (χ1v) is 5.24. The Kier molecular flexibility index (Phi) is 1.76. The number of hydrogen-bond acceptors (Lipinski definition) is 1. The second-order valence-corrected chi connectivity index (χ2v) is 5.54. The van der Waals surface area contributed by atoms with Crippen LogP contribution in [0.25, 0.3) is 0 Å². The fourth-order valence-corrected chi connectivity index (χ4v) is 2.39. The third-order valence-corrected chi connectivity index (χ3v) is 3.81. The fourth-order valence-electron chi connectivity index (χ4n) is 2.39. The Balaban J connectivity index is 1.96. The van der Waals surface area contributed by atoms with Crippen molar-refractivity contribution in [2.45, 2.75) is 58.0 Å². The largest absolute Gasteiger partial charge is 0.390 e. The van der Waals surface area contributed by atoms with Gasteiger partial charge in [0.05, 0.1) is 5.60 Å². The lowest BCUT2D eigenvalue weighted by Gasteiger charge is -2.40. The maximum atomic E-state index is 10.2. The normalized spacial score (nSPS) is 33.2. The average Bonchev–Trinajstić information content (AvgIpc) is 2.78. The van der Waals surface area contributed by atoms with Gasteiger partial charge in [-0.1, -0.05) is 13.8 Å². The van der Waals surface area contributed by atoms with E-state index < -0.39 is 0 Å². The molecule has 1 heteroatoms. The molecule has 0 aromatic rings. The molecule has 0 aromatic carbocycles. The van der Waals surface area contributed by atoms with Crippen LogP contribution in [0.3, 0.4) is 0 Å². The van der Waals surface area contributed by atoms with E-state index in [1.54, 1.807) is 0 Å². The molecule has 12 heavy (non-hydrogen) atoms. The zero-order valence-electron chi connectivity index (χ0n) is 8.27. The molecule has 0 spiro atoms. The van der Waals surface area contributed by atoms with Gasteiger partial charge < -0.3 is 5.11 Å². The molecule has 0 bridgehead atoms. The third-order valence-electron chi connectivity index (χ3n) is 3.81. The van der Waals surface area contributed by atoms with E-state index in [0.29, 0.717) is 11.3 Å². The first kappa shape index (κ1) is 8.55. The van der Waals surface area contributed by atoms with E-state index in [1.165, 1.54) is 25.7 Å². The summed E-state index contributed by atoms with van der Waals surface area (Å²) >= 11 is 0. The highest BCUT2D eigenvalue weighted by molar-refractivity contribution is 4.98. The Morgan fingerprint density at radius 2 is 1.50 bits per heavy atom. The zero-order chi connectivity index (χ0) is 8.82. The summed E-state index contributed by atoms with van der Waals surface area (Å²) in [6.45, 7) is 4.64. The van der Waals surface area contributed by atoms with Gasteiger partial charge in [-0.15, -0.1) is 0 Å². The molecule has 0 amide bonds. The van der Waals surface area contributed by atoms with Crippen LogP contribution in [-0.4, -0.2) is 10.7 Å². The summed E-state index contributed by atoms with van der Waals surface area (Å²) in [6, 6.07) is 0. The second kappa shape index (κ2) is 2.47. The third kappa shape index (κ3) is 1.52. The summed E-state index contributed by atoms with van der Waals surface area (Å²) in [7, 11) is 0. The maximum absolute atomic E-state index is 10.2. The molecule has 1 nitrogen and oxygen atoms in total. The highest BCUT2D eigenvalue weighted by Crippen LogP contribution is 2.50. The minimum atomic E-state index is -0.254. The molecule has 0 unspecified atom stereocenters. The van der Waals surface area contributed by atoms with Crippen LogP contribution in [0, 0.1) is 11.3 Å². The van der Waals surface area contributed by atoms with Gasteiger partial charge in [0.15, 0.2) is 0 Å². The average molecular weight is 168 g/mol. The monoisotopic (exact) mass is 168 g/mol. The van der Waals surface area contributed by atoms with E-state index in [-0.39, 0.29) is 5.60 Å². The second-order valence-electron chi connectivity index (χ2n) is 5.54. The quantitative estimate of drug-likeness (QED) is 0.638. The van der Waals surface area contributed by atoms with Crippen molar-refractivity contribution in [3.05, 3.63) is 0 Å². The minimum absolute atomic E-state index is 0.254. The van der Waals surface area contributed by atoms with E-state index in [4.69, 9.17) is 0 Å².